The van der Waals surface area contributed by atoms with Crippen LogP contribution >= 0.6 is 11.8 Å². The lowest BCUT2D eigenvalue weighted by atomic mass is 10.2. The van der Waals surface area contributed by atoms with Crippen LogP contribution in [-0.2, 0) is 16.1 Å². The molecule has 0 spiro atoms. The predicted octanol–water partition coefficient (Wildman–Crippen LogP) is 2.19. The van der Waals surface area contributed by atoms with Crippen molar-refractivity contribution >= 4 is 28.6 Å². The van der Waals surface area contributed by atoms with Gasteiger partial charge in [-0.05, 0) is 38.8 Å². The summed E-state index contributed by atoms with van der Waals surface area (Å²) in [5, 5.41) is 4.02. The Morgan fingerprint density at radius 3 is 2.96 bits per heavy atom. The highest BCUT2D eigenvalue weighted by Gasteiger charge is 2.20. The van der Waals surface area contributed by atoms with Gasteiger partial charge in [-0.1, -0.05) is 23.9 Å². The van der Waals surface area contributed by atoms with Gasteiger partial charge in [0.2, 0.25) is 5.91 Å². The number of thioether (sulfide) groups is 1. The van der Waals surface area contributed by atoms with Crippen LogP contribution in [0.25, 0.3) is 10.9 Å². The van der Waals surface area contributed by atoms with Crippen LogP contribution in [0.3, 0.4) is 0 Å². The van der Waals surface area contributed by atoms with Crippen LogP contribution < -0.4 is 10.9 Å². The zero-order chi connectivity index (χ0) is 17.8. The van der Waals surface area contributed by atoms with Crippen molar-refractivity contribution in [1.29, 1.82) is 0 Å². The molecule has 1 saturated heterocycles. The second-order valence-corrected chi connectivity index (χ2v) is 7.42. The number of aromatic nitrogens is 2. The third kappa shape index (κ3) is 4.41. The Labute approximate surface area is 151 Å². The highest BCUT2D eigenvalue weighted by Crippen LogP contribution is 2.20. The number of rotatable bonds is 6. The van der Waals surface area contributed by atoms with Gasteiger partial charge in [0.1, 0.15) is 0 Å². The zero-order valence-corrected chi connectivity index (χ0v) is 15.3. The van der Waals surface area contributed by atoms with E-state index >= 15 is 0 Å². The maximum absolute atomic E-state index is 12.9. The average molecular weight is 361 g/mol. The fourth-order valence-corrected chi connectivity index (χ4v) is 3.72. The maximum Gasteiger partial charge on any atom is 0.262 e. The molecule has 1 aromatic heterocycles. The standard InChI is InChI=1S/C18H23N3O3S/c1-12(2)19-16(22)11-25-18-20-15-8-4-3-7-14(15)17(23)21(18)10-13-6-5-9-24-13/h3-4,7-8,12-13H,5-6,9-11H2,1-2H3,(H,19,22)/t13-/m0/s1. The fraction of sp³-hybridized carbons (Fsp3) is 0.500. The van der Waals surface area contributed by atoms with Gasteiger partial charge in [-0.2, -0.15) is 0 Å². The minimum atomic E-state index is -0.0760. The van der Waals surface area contributed by atoms with Crippen LogP contribution in [-0.4, -0.2) is 40.0 Å². The molecule has 134 valence electrons. The number of carbonyl (C=O) groups excluding carboxylic acids is 1. The first kappa shape index (κ1) is 17.9. The Kier molecular flexibility index (Phi) is 5.75. The molecule has 1 N–H and O–H groups in total. The van der Waals surface area contributed by atoms with E-state index in [0.29, 0.717) is 22.6 Å². The van der Waals surface area contributed by atoms with Crippen molar-refractivity contribution < 1.29 is 9.53 Å². The van der Waals surface area contributed by atoms with Crippen LogP contribution in [0.2, 0.25) is 0 Å². The molecule has 2 heterocycles. The third-order valence-electron chi connectivity index (χ3n) is 4.02. The van der Waals surface area contributed by atoms with Gasteiger partial charge >= 0.3 is 0 Å². The quantitative estimate of drug-likeness (QED) is 0.631. The lowest BCUT2D eigenvalue weighted by Crippen LogP contribution is -2.32. The summed E-state index contributed by atoms with van der Waals surface area (Å²) in [7, 11) is 0. The minimum Gasteiger partial charge on any atom is -0.376 e. The lowest BCUT2D eigenvalue weighted by molar-refractivity contribution is -0.119. The molecule has 0 aliphatic carbocycles. The molecule has 6 nitrogen and oxygen atoms in total. The lowest BCUT2D eigenvalue weighted by Gasteiger charge is -2.16. The average Bonchev–Trinajstić information content (AvgIpc) is 3.08. The number of carbonyl (C=O) groups is 1. The van der Waals surface area contributed by atoms with Crippen molar-refractivity contribution in [2.75, 3.05) is 12.4 Å². The summed E-state index contributed by atoms with van der Waals surface area (Å²) in [4.78, 5) is 29.5. The molecule has 3 rings (SSSR count). The number of nitrogens with zero attached hydrogens (tertiary/aromatic N) is 2. The highest BCUT2D eigenvalue weighted by atomic mass is 32.2. The maximum atomic E-state index is 12.9. The van der Waals surface area contributed by atoms with E-state index in [-0.39, 0.29) is 29.4 Å². The Morgan fingerprint density at radius 2 is 2.24 bits per heavy atom. The van der Waals surface area contributed by atoms with Gasteiger partial charge < -0.3 is 10.1 Å². The van der Waals surface area contributed by atoms with E-state index in [4.69, 9.17) is 4.74 Å². The van der Waals surface area contributed by atoms with Crippen molar-refractivity contribution in [2.24, 2.45) is 0 Å². The molecule has 0 saturated carbocycles. The highest BCUT2D eigenvalue weighted by molar-refractivity contribution is 7.99. The van der Waals surface area contributed by atoms with Crippen molar-refractivity contribution in [3.63, 3.8) is 0 Å². The molecule has 0 bridgehead atoms. The van der Waals surface area contributed by atoms with E-state index in [1.165, 1.54) is 11.8 Å². The molecule has 0 unspecified atom stereocenters. The number of hydrogen-bond acceptors (Lipinski definition) is 5. The molecule has 7 heteroatoms. The van der Waals surface area contributed by atoms with Gasteiger partial charge in [0, 0.05) is 12.6 Å². The second kappa shape index (κ2) is 8.01. The molecule has 0 radical (unpaired) electrons. The smallest absolute Gasteiger partial charge is 0.262 e. The summed E-state index contributed by atoms with van der Waals surface area (Å²) < 4.78 is 7.34. The number of fused-ring (bicyclic) bond motifs is 1. The number of para-hydroxylation sites is 1. The van der Waals surface area contributed by atoms with E-state index in [1.807, 2.05) is 32.0 Å². The van der Waals surface area contributed by atoms with Gasteiger partial charge in [0.25, 0.3) is 5.56 Å². The van der Waals surface area contributed by atoms with Crippen molar-refractivity contribution in [2.45, 2.75) is 50.5 Å². The normalized spacial score (nSPS) is 17.3. The number of ether oxygens (including phenoxy) is 1. The van der Waals surface area contributed by atoms with Gasteiger partial charge in [-0.15, -0.1) is 0 Å². The van der Waals surface area contributed by atoms with E-state index < -0.39 is 0 Å². The molecular formula is C18H23N3O3S. The minimum absolute atomic E-state index is 0.0319. The van der Waals surface area contributed by atoms with E-state index in [0.717, 1.165) is 19.4 Å². The van der Waals surface area contributed by atoms with Crippen LogP contribution in [0.4, 0.5) is 0 Å². The molecule has 1 fully saturated rings. The van der Waals surface area contributed by atoms with Crippen LogP contribution in [0.5, 0.6) is 0 Å². The molecule has 1 amide bonds. The first-order valence-corrected chi connectivity index (χ1v) is 9.56. The number of benzene rings is 1. The first-order valence-electron chi connectivity index (χ1n) is 8.58. The predicted molar refractivity (Wildman–Crippen MR) is 99.0 cm³/mol. The molecule has 25 heavy (non-hydrogen) atoms. The van der Waals surface area contributed by atoms with Crippen molar-refractivity contribution in [3.05, 3.63) is 34.6 Å². The zero-order valence-electron chi connectivity index (χ0n) is 14.5. The Balaban J connectivity index is 1.90. The van der Waals surface area contributed by atoms with Crippen molar-refractivity contribution in [3.8, 4) is 0 Å². The number of nitrogens with one attached hydrogen (secondary N) is 1. The molecule has 1 aliphatic heterocycles. The fourth-order valence-electron chi connectivity index (χ4n) is 2.90. The van der Waals surface area contributed by atoms with Gasteiger partial charge in [0.15, 0.2) is 5.16 Å². The largest absolute Gasteiger partial charge is 0.376 e. The van der Waals surface area contributed by atoms with E-state index in [9.17, 15) is 9.59 Å². The number of hydrogen-bond donors (Lipinski definition) is 1. The van der Waals surface area contributed by atoms with Gasteiger partial charge in [0.05, 0.1) is 29.3 Å². The van der Waals surface area contributed by atoms with Crippen LogP contribution in [0.15, 0.2) is 34.2 Å². The second-order valence-electron chi connectivity index (χ2n) is 6.47. The third-order valence-corrected chi connectivity index (χ3v) is 5.00. The van der Waals surface area contributed by atoms with E-state index in [1.54, 1.807) is 10.6 Å². The Bertz CT molecular complexity index is 813. The molecule has 1 aromatic carbocycles. The molecular weight excluding hydrogens is 338 g/mol. The summed E-state index contributed by atoms with van der Waals surface area (Å²) in [6, 6.07) is 7.40. The summed E-state index contributed by atoms with van der Waals surface area (Å²) in [5.74, 6) is 0.167. The number of amides is 1. The monoisotopic (exact) mass is 361 g/mol. The summed E-state index contributed by atoms with van der Waals surface area (Å²) in [6.07, 6.45) is 1.99. The molecule has 1 aliphatic rings. The molecule has 2 aromatic rings. The summed E-state index contributed by atoms with van der Waals surface area (Å²) >= 11 is 1.29. The van der Waals surface area contributed by atoms with Crippen molar-refractivity contribution in [1.82, 2.24) is 14.9 Å². The summed E-state index contributed by atoms with van der Waals surface area (Å²) in [5.41, 5.74) is 0.579. The summed E-state index contributed by atoms with van der Waals surface area (Å²) in [6.45, 7) is 5.05. The molecule has 1 atom stereocenters. The van der Waals surface area contributed by atoms with Crippen LogP contribution in [0, 0.1) is 0 Å². The Morgan fingerprint density at radius 1 is 1.44 bits per heavy atom. The first-order chi connectivity index (χ1) is 12.0. The Hall–Kier alpha value is -1.86. The van der Waals surface area contributed by atoms with Crippen LogP contribution in [0.1, 0.15) is 26.7 Å². The SMILES string of the molecule is CC(C)NC(=O)CSc1nc2ccccc2c(=O)n1C[C@@H]1CCCO1. The van der Waals surface area contributed by atoms with Gasteiger partial charge in [-0.25, -0.2) is 4.98 Å². The van der Waals surface area contributed by atoms with Gasteiger partial charge in [-0.3, -0.25) is 14.2 Å². The van der Waals surface area contributed by atoms with E-state index in [2.05, 4.69) is 10.3 Å². The topological polar surface area (TPSA) is 73.2 Å².